The van der Waals surface area contributed by atoms with Gasteiger partial charge >= 0.3 is 5.97 Å². The van der Waals surface area contributed by atoms with E-state index < -0.39 is 35.7 Å². The molecule has 0 fully saturated rings. The number of halogens is 1. The fraction of sp³-hybridized carbons (Fsp3) is 0.389. The zero-order valence-electron chi connectivity index (χ0n) is 14.4. The van der Waals surface area contributed by atoms with Gasteiger partial charge in [-0.1, -0.05) is 24.3 Å². The second kappa shape index (κ2) is 10.2. The van der Waals surface area contributed by atoms with Crippen LogP contribution in [-0.4, -0.2) is 37.0 Å². The number of benzene rings is 1. The van der Waals surface area contributed by atoms with Crippen LogP contribution in [0.2, 0.25) is 0 Å². The van der Waals surface area contributed by atoms with E-state index in [1.165, 1.54) is 32.2 Å². The van der Waals surface area contributed by atoms with Crippen LogP contribution in [-0.2, 0) is 25.5 Å². The van der Waals surface area contributed by atoms with Crippen molar-refractivity contribution in [2.24, 2.45) is 0 Å². The lowest BCUT2D eigenvalue weighted by Gasteiger charge is -2.22. The molecule has 0 spiro atoms. The molecule has 25 heavy (non-hydrogen) atoms. The number of carbonyl (C=O) groups excluding carboxylic acids is 3. The number of nitrogens with one attached hydrogen (secondary N) is 2. The van der Waals surface area contributed by atoms with E-state index in [0.717, 1.165) is 0 Å². The standard InChI is InChI=1S/C18H23FN2O4/c1-4-5-10-15(18(24)25-3)21-17(23)16(20-12(2)22)11-13-8-6-7-9-14(13)19/h4,6-9,15-16H,1,5,10-11H2,2-3H3,(H,20,22)(H,21,23)/t15-,16+/m0/s1. The van der Waals surface area contributed by atoms with Gasteiger partial charge in [0.15, 0.2) is 0 Å². The highest BCUT2D eigenvalue weighted by Crippen LogP contribution is 2.10. The van der Waals surface area contributed by atoms with Gasteiger partial charge in [-0.2, -0.15) is 0 Å². The van der Waals surface area contributed by atoms with Gasteiger partial charge < -0.3 is 15.4 Å². The minimum Gasteiger partial charge on any atom is -0.467 e. The second-order valence-electron chi connectivity index (χ2n) is 5.50. The first kappa shape index (κ1) is 20.3. The molecule has 6 nitrogen and oxygen atoms in total. The third-order valence-electron chi connectivity index (χ3n) is 3.54. The van der Waals surface area contributed by atoms with Gasteiger partial charge in [0.25, 0.3) is 0 Å². The van der Waals surface area contributed by atoms with Crippen LogP contribution in [0, 0.1) is 5.82 Å². The summed E-state index contributed by atoms with van der Waals surface area (Å²) in [5.41, 5.74) is 0.289. The molecule has 0 aromatic heterocycles. The molecular formula is C18H23FN2O4. The summed E-state index contributed by atoms with van der Waals surface area (Å²) < 4.78 is 18.5. The van der Waals surface area contributed by atoms with E-state index in [9.17, 15) is 18.8 Å². The normalized spacial score (nSPS) is 12.6. The van der Waals surface area contributed by atoms with Gasteiger partial charge in [-0.3, -0.25) is 9.59 Å². The molecule has 0 saturated heterocycles. The van der Waals surface area contributed by atoms with Crippen LogP contribution in [0.3, 0.4) is 0 Å². The van der Waals surface area contributed by atoms with Crippen LogP contribution in [0.25, 0.3) is 0 Å². The van der Waals surface area contributed by atoms with E-state index in [-0.39, 0.29) is 12.0 Å². The lowest BCUT2D eigenvalue weighted by atomic mass is 10.0. The fourth-order valence-corrected chi connectivity index (χ4v) is 2.29. The van der Waals surface area contributed by atoms with Crippen molar-refractivity contribution in [2.75, 3.05) is 7.11 Å². The van der Waals surface area contributed by atoms with Crippen molar-refractivity contribution in [1.29, 1.82) is 0 Å². The molecule has 136 valence electrons. The molecule has 1 aromatic carbocycles. The Hall–Kier alpha value is -2.70. The molecule has 0 unspecified atom stereocenters. The predicted molar refractivity (Wildman–Crippen MR) is 91.1 cm³/mol. The maximum absolute atomic E-state index is 13.8. The molecule has 2 amide bonds. The third kappa shape index (κ3) is 6.74. The summed E-state index contributed by atoms with van der Waals surface area (Å²) >= 11 is 0. The fourth-order valence-electron chi connectivity index (χ4n) is 2.29. The largest absolute Gasteiger partial charge is 0.467 e. The van der Waals surface area contributed by atoms with Crippen molar-refractivity contribution in [2.45, 2.75) is 38.3 Å². The van der Waals surface area contributed by atoms with Gasteiger partial charge in [-0.25, -0.2) is 9.18 Å². The van der Waals surface area contributed by atoms with Crippen molar-refractivity contribution in [3.05, 3.63) is 48.3 Å². The highest BCUT2D eigenvalue weighted by Gasteiger charge is 2.27. The molecule has 0 saturated carbocycles. The maximum Gasteiger partial charge on any atom is 0.328 e. The number of rotatable bonds is 9. The molecule has 0 aliphatic rings. The molecule has 0 radical (unpaired) electrons. The smallest absolute Gasteiger partial charge is 0.328 e. The maximum atomic E-state index is 13.8. The first-order chi connectivity index (χ1) is 11.9. The van der Waals surface area contributed by atoms with E-state index in [1.54, 1.807) is 12.1 Å². The summed E-state index contributed by atoms with van der Waals surface area (Å²) in [6.45, 7) is 4.83. The van der Waals surface area contributed by atoms with E-state index in [0.29, 0.717) is 12.8 Å². The van der Waals surface area contributed by atoms with Crippen LogP contribution in [0.5, 0.6) is 0 Å². The molecule has 0 heterocycles. The van der Waals surface area contributed by atoms with Gasteiger partial charge in [0, 0.05) is 13.3 Å². The van der Waals surface area contributed by atoms with Gasteiger partial charge in [0.1, 0.15) is 17.9 Å². The van der Waals surface area contributed by atoms with Crippen LogP contribution >= 0.6 is 0 Å². The van der Waals surface area contributed by atoms with Crippen LogP contribution < -0.4 is 10.6 Å². The lowest BCUT2D eigenvalue weighted by Crippen LogP contribution is -2.52. The summed E-state index contributed by atoms with van der Waals surface area (Å²) in [6.07, 6.45) is 2.40. The first-order valence-electron chi connectivity index (χ1n) is 7.88. The van der Waals surface area contributed by atoms with Gasteiger partial charge in [0.2, 0.25) is 11.8 Å². The number of ether oxygens (including phenoxy) is 1. The minimum atomic E-state index is -1.01. The van der Waals surface area contributed by atoms with E-state index >= 15 is 0 Å². The van der Waals surface area contributed by atoms with Gasteiger partial charge in [0.05, 0.1) is 7.11 Å². The Morgan fingerprint density at radius 3 is 2.48 bits per heavy atom. The Morgan fingerprint density at radius 2 is 1.92 bits per heavy atom. The quantitative estimate of drug-likeness (QED) is 0.522. The summed E-state index contributed by atoms with van der Waals surface area (Å²) in [5, 5.41) is 5.03. The highest BCUT2D eigenvalue weighted by molar-refractivity contribution is 5.90. The molecule has 1 aromatic rings. The topological polar surface area (TPSA) is 84.5 Å². The molecule has 7 heteroatoms. The zero-order chi connectivity index (χ0) is 18.8. The van der Waals surface area contributed by atoms with Crippen LogP contribution in [0.1, 0.15) is 25.3 Å². The lowest BCUT2D eigenvalue weighted by molar-refractivity contribution is -0.145. The van der Waals surface area contributed by atoms with Gasteiger partial charge in [-0.15, -0.1) is 6.58 Å². The highest BCUT2D eigenvalue weighted by atomic mass is 19.1. The Bertz CT molecular complexity index is 633. The number of amides is 2. The summed E-state index contributed by atoms with van der Waals surface area (Å²) in [6, 6.07) is 4.11. The van der Waals surface area contributed by atoms with Gasteiger partial charge in [-0.05, 0) is 24.5 Å². The van der Waals surface area contributed by atoms with Crippen molar-refractivity contribution in [3.8, 4) is 0 Å². The Kier molecular flexibility index (Phi) is 8.32. The van der Waals surface area contributed by atoms with Crippen molar-refractivity contribution in [1.82, 2.24) is 10.6 Å². The second-order valence-corrected chi connectivity index (χ2v) is 5.50. The average Bonchev–Trinajstić information content (AvgIpc) is 2.58. The number of esters is 1. The molecule has 2 N–H and O–H groups in total. The molecule has 0 bridgehead atoms. The Morgan fingerprint density at radius 1 is 1.24 bits per heavy atom. The zero-order valence-corrected chi connectivity index (χ0v) is 14.4. The predicted octanol–water partition coefficient (Wildman–Crippen LogP) is 1.50. The first-order valence-corrected chi connectivity index (χ1v) is 7.88. The van der Waals surface area contributed by atoms with Crippen molar-refractivity contribution >= 4 is 17.8 Å². The summed E-state index contributed by atoms with van der Waals surface area (Å²) in [4.78, 5) is 35.7. The Balaban J connectivity index is 2.90. The SMILES string of the molecule is C=CCC[C@H](NC(=O)[C@@H](Cc1ccccc1F)NC(C)=O)C(=O)OC. The van der Waals surface area contributed by atoms with E-state index in [2.05, 4.69) is 21.9 Å². The summed E-state index contributed by atoms with van der Waals surface area (Å²) in [5.74, 6) is -2.08. The van der Waals surface area contributed by atoms with Crippen LogP contribution in [0.15, 0.2) is 36.9 Å². The number of carbonyl (C=O) groups is 3. The number of methoxy groups -OCH3 is 1. The van der Waals surface area contributed by atoms with Crippen molar-refractivity contribution < 1.29 is 23.5 Å². The summed E-state index contributed by atoms with van der Waals surface area (Å²) in [7, 11) is 1.22. The van der Waals surface area contributed by atoms with E-state index in [4.69, 9.17) is 0 Å². The molecular weight excluding hydrogens is 327 g/mol. The molecule has 0 aliphatic heterocycles. The van der Waals surface area contributed by atoms with Crippen LogP contribution in [0.4, 0.5) is 4.39 Å². The molecule has 1 rings (SSSR count). The van der Waals surface area contributed by atoms with Crippen molar-refractivity contribution in [3.63, 3.8) is 0 Å². The monoisotopic (exact) mass is 350 g/mol. The van der Waals surface area contributed by atoms with E-state index in [1.807, 2.05) is 0 Å². The molecule has 0 aliphatic carbocycles. The molecule has 2 atom stereocenters. The minimum absolute atomic E-state index is 0.0343. The average molecular weight is 350 g/mol. The third-order valence-corrected chi connectivity index (χ3v) is 3.54. The number of allylic oxidation sites excluding steroid dienone is 1. The number of hydrogen-bond donors (Lipinski definition) is 2. The Labute approximate surface area is 146 Å². The number of hydrogen-bond acceptors (Lipinski definition) is 4.